The van der Waals surface area contributed by atoms with Gasteiger partial charge in [0.15, 0.2) is 0 Å². The van der Waals surface area contributed by atoms with Crippen molar-refractivity contribution in [3.63, 3.8) is 0 Å². The van der Waals surface area contributed by atoms with Crippen molar-refractivity contribution < 1.29 is 14.0 Å². The maximum absolute atomic E-state index is 13.2. The Kier molecular flexibility index (Phi) is 2.54. The first-order valence-corrected chi connectivity index (χ1v) is 6.08. The number of carbonyl (C=O) groups is 2. The first-order valence-electron chi connectivity index (χ1n) is 6.08. The molecule has 1 atom stereocenters. The van der Waals surface area contributed by atoms with Gasteiger partial charge in [-0.15, -0.1) is 0 Å². The van der Waals surface area contributed by atoms with E-state index in [1.165, 1.54) is 18.2 Å². The van der Waals surface area contributed by atoms with E-state index in [-0.39, 0.29) is 18.0 Å². The SMILES string of the molecule is O=C1C2CCCCN2C(=O)N1c1cccc(F)c1. The first kappa shape index (κ1) is 11.2. The molecule has 0 N–H and O–H groups in total. The highest BCUT2D eigenvalue weighted by Gasteiger charge is 2.46. The molecule has 0 aliphatic carbocycles. The molecule has 0 spiro atoms. The van der Waals surface area contributed by atoms with Crippen LogP contribution in [0, 0.1) is 5.82 Å². The third kappa shape index (κ3) is 1.58. The summed E-state index contributed by atoms with van der Waals surface area (Å²) in [6.45, 7) is 0.612. The monoisotopic (exact) mass is 248 g/mol. The number of amides is 3. The lowest BCUT2D eigenvalue weighted by molar-refractivity contribution is -0.120. The fourth-order valence-corrected chi connectivity index (χ4v) is 2.64. The van der Waals surface area contributed by atoms with Gasteiger partial charge in [0.1, 0.15) is 11.9 Å². The summed E-state index contributed by atoms with van der Waals surface area (Å²) in [5.74, 6) is -0.678. The lowest BCUT2D eigenvalue weighted by atomic mass is 10.0. The van der Waals surface area contributed by atoms with Gasteiger partial charge >= 0.3 is 6.03 Å². The number of anilines is 1. The van der Waals surface area contributed by atoms with E-state index in [0.717, 1.165) is 17.7 Å². The zero-order valence-electron chi connectivity index (χ0n) is 9.80. The number of imide groups is 1. The molecule has 3 rings (SSSR count). The molecule has 2 aliphatic heterocycles. The standard InChI is InChI=1S/C13H13FN2O2/c14-9-4-3-5-10(8-9)16-12(17)11-6-1-2-7-15(11)13(16)18/h3-5,8,11H,1-2,6-7H2. The molecule has 0 radical (unpaired) electrons. The van der Waals surface area contributed by atoms with E-state index < -0.39 is 5.82 Å². The molecular weight excluding hydrogens is 235 g/mol. The number of halogens is 1. The minimum atomic E-state index is -0.446. The molecule has 1 unspecified atom stereocenters. The fourth-order valence-electron chi connectivity index (χ4n) is 2.64. The van der Waals surface area contributed by atoms with Crippen LogP contribution in [0.25, 0.3) is 0 Å². The van der Waals surface area contributed by atoms with Crippen molar-refractivity contribution in [2.75, 3.05) is 11.4 Å². The summed E-state index contributed by atoms with van der Waals surface area (Å²) in [6, 6.07) is 4.92. The molecule has 1 aromatic rings. The number of hydrogen-bond acceptors (Lipinski definition) is 2. The lowest BCUT2D eigenvalue weighted by Gasteiger charge is -2.25. The second kappa shape index (κ2) is 4.08. The molecule has 5 heteroatoms. The summed E-state index contributed by atoms with van der Waals surface area (Å²) < 4.78 is 13.2. The predicted molar refractivity (Wildman–Crippen MR) is 63.6 cm³/mol. The Morgan fingerprint density at radius 1 is 1.22 bits per heavy atom. The quantitative estimate of drug-likeness (QED) is 0.714. The van der Waals surface area contributed by atoms with Crippen molar-refractivity contribution >= 4 is 17.6 Å². The predicted octanol–water partition coefficient (Wildman–Crippen LogP) is 2.15. The summed E-state index contributed by atoms with van der Waals surface area (Å²) in [4.78, 5) is 27.1. The number of nitrogens with zero attached hydrogens (tertiary/aromatic N) is 2. The van der Waals surface area contributed by atoms with Crippen LogP contribution in [-0.4, -0.2) is 29.4 Å². The molecule has 0 bridgehead atoms. The molecule has 0 saturated carbocycles. The molecule has 18 heavy (non-hydrogen) atoms. The number of rotatable bonds is 1. The van der Waals surface area contributed by atoms with Crippen molar-refractivity contribution in [1.82, 2.24) is 4.90 Å². The normalized spacial score (nSPS) is 23.5. The molecule has 2 saturated heterocycles. The molecule has 0 aromatic heterocycles. The number of fused-ring (bicyclic) bond motifs is 1. The van der Waals surface area contributed by atoms with Crippen LogP contribution in [0.15, 0.2) is 24.3 Å². The molecule has 2 heterocycles. The van der Waals surface area contributed by atoms with Gasteiger partial charge < -0.3 is 4.90 Å². The number of urea groups is 1. The van der Waals surface area contributed by atoms with Crippen LogP contribution < -0.4 is 4.90 Å². The van der Waals surface area contributed by atoms with Gasteiger partial charge in [0.25, 0.3) is 5.91 Å². The van der Waals surface area contributed by atoms with Crippen molar-refractivity contribution in [1.29, 1.82) is 0 Å². The minimum absolute atomic E-state index is 0.231. The van der Waals surface area contributed by atoms with Crippen molar-refractivity contribution in [3.05, 3.63) is 30.1 Å². The summed E-state index contributed by atoms with van der Waals surface area (Å²) in [5.41, 5.74) is 0.319. The number of piperidine rings is 1. The van der Waals surface area contributed by atoms with Crippen LogP contribution in [-0.2, 0) is 4.79 Å². The Hall–Kier alpha value is -1.91. The third-order valence-corrected chi connectivity index (χ3v) is 3.51. The van der Waals surface area contributed by atoms with Gasteiger partial charge in [-0.25, -0.2) is 14.1 Å². The van der Waals surface area contributed by atoms with E-state index in [0.29, 0.717) is 18.7 Å². The molecule has 2 aliphatic rings. The van der Waals surface area contributed by atoms with E-state index in [2.05, 4.69) is 0 Å². The second-order valence-electron chi connectivity index (χ2n) is 4.64. The van der Waals surface area contributed by atoms with Gasteiger partial charge in [-0.2, -0.15) is 0 Å². The van der Waals surface area contributed by atoms with Gasteiger partial charge in [0.2, 0.25) is 0 Å². The third-order valence-electron chi connectivity index (χ3n) is 3.51. The maximum Gasteiger partial charge on any atom is 0.332 e. The van der Waals surface area contributed by atoms with E-state index >= 15 is 0 Å². The fraction of sp³-hybridized carbons (Fsp3) is 0.385. The highest BCUT2D eigenvalue weighted by Crippen LogP contribution is 2.30. The smallest absolute Gasteiger partial charge is 0.312 e. The van der Waals surface area contributed by atoms with E-state index in [9.17, 15) is 14.0 Å². The van der Waals surface area contributed by atoms with Crippen LogP contribution in [0.1, 0.15) is 19.3 Å². The largest absolute Gasteiger partial charge is 0.332 e. The number of carbonyl (C=O) groups excluding carboxylic acids is 2. The highest BCUT2D eigenvalue weighted by atomic mass is 19.1. The van der Waals surface area contributed by atoms with Crippen LogP contribution in [0.3, 0.4) is 0 Å². The Bertz CT molecular complexity index is 493. The second-order valence-corrected chi connectivity index (χ2v) is 4.64. The van der Waals surface area contributed by atoms with Crippen LogP contribution in [0.5, 0.6) is 0 Å². The molecule has 1 aromatic carbocycles. The Morgan fingerprint density at radius 2 is 2.06 bits per heavy atom. The first-order chi connectivity index (χ1) is 8.68. The Balaban J connectivity index is 1.97. The molecule has 2 fully saturated rings. The molecule has 4 nitrogen and oxygen atoms in total. The van der Waals surface area contributed by atoms with Gasteiger partial charge in [0.05, 0.1) is 5.69 Å². The van der Waals surface area contributed by atoms with Crippen LogP contribution in [0.2, 0.25) is 0 Å². The summed E-state index contributed by atoms with van der Waals surface area (Å²) in [6.07, 6.45) is 2.58. The van der Waals surface area contributed by atoms with Crippen molar-refractivity contribution in [3.8, 4) is 0 Å². The van der Waals surface area contributed by atoms with Gasteiger partial charge in [-0.1, -0.05) is 6.07 Å². The average molecular weight is 248 g/mol. The van der Waals surface area contributed by atoms with E-state index in [1.54, 1.807) is 11.0 Å². The van der Waals surface area contributed by atoms with Crippen molar-refractivity contribution in [2.45, 2.75) is 25.3 Å². The lowest BCUT2D eigenvalue weighted by Crippen LogP contribution is -2.39. The van der Waals surface area contributed by atoms with Crippen molar-refractivity contribution in [2.24, 2.45) is 0 Å². The molecular formula is C13H13FN2O2. The van der Waals surface area contributed by atoms with Gasteiger partial charge in [0, 0.05) is 6.54 Å². The van der Waals surface area contributed by atoms with E-state index in [1.807, 2.05) is 0 Å². The summed E-state index contributed by atoms with van der Waals surface area (Å²) in [5, 5.41) is 0. The number of hydrogen-bond donors (Lipinski definition) is 0. The van der Waals surface area contributed by atoms with Crippen LogP contribution >= 0.6 is 0 Å². The summed E-state index contributed by atoms with van der Waals surface area (Å²) >= 11 is 0. The van der Waals surface area contributed by atoms with Crippen LogP contribution in [0.4, 0.5) is 14.9 Å². The highest BCUT2D eigenvalue weighted by molar-refractivity contribution is 6.21. The zero-order valence-corrected chi connectivity index (χ0v) is 9.80. The van der Waals surface area contributed by atoms with Gasteiger partial charge in [-0.3, -0.25) is 4.79 Å². The average Bonchev–Trinajstić information content (AvgIpc) is 2.63. The van der Waals surface area contributed by atoms with E-state index in [4.69, 9.17) is 0 Å². The molecule has 3 amide bonds. The maximum atomic E-state index is 13.2. The molecule has 94 valence electrons. The zero-order chi connectivity index (χ0) is 12.7. The number of benzene rings is 1. The Labute approximate surface area is 104 Å². The minimum Gasteiger partial charge on any atom is -0.312 e. The summed E-state index contributed by atoms with van der Waals surface area (Å²) in [7, 11) is 0. The Morgan fingerprint density at radius 3 is 2.78 bits per heavy atom. The topological polar surface area (TPSA) is 40.6 Å². The van der Waals surface area contributed by atoms with Gasteiger partial charge in [-0.05, 0) is 37.5 Å².